The third-order valence-electron chi connectivity index (χ3n) is 2.60. The van der Waals surface area contributed by atoms with Gasteiger partial charge in [0.25, 0.3) is 0 Å². The zero-order valence-corrected chi connectivity index (χ0v) is 11.6. The van der Waals surface area contributed by atoms with Crippen LogP contribution in [0.4, 0.5) is 8.78 Å². The summed E-state index contributed by atoms with van der Waals surface area (Å²) in [6.45, 7) is 3.66. The van der Waals surface area contributed by atoms with Crippen molar-refractivity contribution in [3.8, 4) is 0 Å². The minimum atomic E-state index is -1.36. The number of rotatable bonds is 5. The highest BCUT2D eigenvalue weighted by Gasteiger charge is 2.27. The van der Waals surface area contributed by atoms with Gasteiger partial charge in [-0.1, -0.05) is 13.8 Å². The highest BCUT2D eigenvalue weighted by molar-refractivity contribution is 5.85. The number of nitrogens with one attached hydrogen (secondary N) is 1. The lowest BCUT2D eigenvalue weighted by atomic mass is 10.0. The van der Waals surface area contributed by atoms with Crippen molar-refractivity contribution in [1.82, 2.24) is 5.32 Å². The van der Waals surface area contributed by atoms with Crippen molar-refractivity contribution in [3.05, 3.63) is 35.4 Å². The van der Waals surface area contributed by atoms with Crippen molar-refractivity contribution in [1.29, 1.82) is 0 Å². The maximum Gasteiger partial charge on any atom is 0.333 e. The van der Waals surface area contributed by atoms with E-state index >= 15 is 0 Å². The van der Waals surface area contributed by atoms with Crippen LogP contribution < -0.4 is 5.32 Å². The number of hydrogen-bond acceptors (Lipinski definition) is 3. The molecule has 0 unspecified atom stereocenters. The normalized spacial score (nSPS) is 12.1. The van der Waals surface area contributed by atoms with Crippen molar-refractivity contribution < 1.29 is 23.1 Å². The van der Waals surface area contributed by atoms with Crippen LogP contribution in [-0.4, -0.2) is 19.0 Å². The number of amides is 1. The minimum Gasteiger partial charge on any atom is -0.467 e. The van der Waals surface area contributed by atoms with E-state index in [-0.39, 0.29) is 17.9 Å². The zero-order chi connectivity index (χ0) is 15.3. The van der Waals surface area contributed by atoms with Gasteiger partial charge >= 0.3 is 5.97 Å². The van der Waals surface area contributed by atoms with Gasteiger partial charge in [0.1, 0.15) is 11.6 Å². The van der Waals surface area contributed by atoms with Crippen LogP contribution in [0.15, 0.2) is 18.2 Å². The van der Waals surface area contributed by atoms with Gasteiger partial charge in [0.05, 0.1) is 7.11 Å². The molecule has 0 aromatic heterocycles. The van der Waals surface area contributed by atoms with Gasteiger partial charge in [-0.15, -0.1) is 0 Å². The van der Waals surface area contributed by atoms with E-state index < -0.39 is 29.6 Å². The Bertz CT molecular complexity index is 503. The molecule has 0 aliphatic carbocycles. The molecule has 0 spiro atoms. The smallest absolute Gasteiger partial charge is 0.333 e. The highest BCUT2D eigenvalue weighted by atomic mass is 19.1. The SMILES string of the molecule is COC(=O)[C@H](NC(=O)CC(C)C)c1cc(F)ccc1F. The lowest BCUT2D eigenvalue weighted by Crippen LogP contribution is -2.35. The van der Waals surface area contributed by atoms with Gasteiger partial charge in [0.15, 0.2) is 6.04 Å². The first-order chi connectivity index (χ1) is 9.35. The van der Waals surface area contributed by atoms with E-state index in [1.807, 2.05) is 13.8 Å². The summed E-state index contributed by atoms with van der Waals surface area (Å²) in [5, 5.41) is 2.36. The Morgan fingerprint density at radius 1 is 1.30 bits per heavy atom. The van der Waals surface area contributed by atoms with Crippen LogP contribution in [0.2, 0.25) is 0 Å². The molecule has 1 amide bonds. The zero-order valence-electron chi connectivity index (χ0n) is 11.6. The topological polar surface area (TPSA) is 55.4 Å². The van der Waals surface area contributed by atoms with E-state index in [2.05, 4.69) is 10.1 Å². The molecular formula is C14H17F2NO3. The molecule has 0 aliphatic heterocycles. The van der Waals surface area contributed by atoms with Crippen molar-refractivity contribution in [2.24, 2.45) is 5.92 Å². The van der Waals surface area contributed by atoms with E-state index in [0.717, 1.165) is 25.3 Å². The Balaban J connectivity index is 3.03. The van der Waals surface area contributed by atoms with Crippen molar-refractivity contribution in [3.63, 3.8) is 0 Å². The number of esters is 1. The second-order valence-electron chi connectivity index (χ2n) is 4.79. The second kappa shape index (κ2) is 6.98. The summed E-state index contributed by atoms with van der Waals surface area (Å²) >= 11 is 0. The molecule has 0 heterocycles. The Morgan fingerprint density at radius 2 is 1.95 bits per heavy atom. The van der Waals surface area contributed by atoms with E-state index in [4.69, 9.17) is 0 Å². The van der Waals surface area contributed by atoms with Crippen molar-refractivity contribution in [2.75, 3.05) is 7.11 Å². The van der Waals surface area contributed by atoms with E-state index in [1.165, 1.54) is 0 Å². The Labute approximate surface area is 116 Å². The van der Waals surface area contributed by atoms with Gasteiger partial charge < -0.3 is 10.1 Å². The summed E-state index contributed by atoms with van der Waals surface area (Å²) in [5.41, 5.74) is -0.256. The van der Waals surface area contributed by atoms with Crippen LogP contribution in [0.5, 0.6) is 0 Å². The first-order valence-electron chi connectivity index (χ1n) is 6.17. The lowest BCUT2D eigenvalue weighted by molar-refractivity contribution is -0.145. The molecule has 0 aliphatic rings. The monoisotopic (exact) mass is 285 g/mol. The molecule has 110 valence electrons. The average molecular weight is 285 g/mol. The summed E-state index contributed by atoms with van der Waals surface area (Å²) in [6.07, 6.45) is 0.171. The van der Waals surface area contributed by atoms with Gasteiger partial charge in [-0.25, -0.2) is 13.6 Å². The molecule has 1 aromatic rings. The van der Waals surface area contributed by atoms with Crippen molar-refractivity contribution >= 4 is 11.9 Å². The second-order valence-corrected chi connectivity index (χ2v) is 4.79. The first kappa shape index (κ1) is 16.1. The van der Waals surface area contributed by atoms with Crippen molar-refractivity contribution in [2.45, 2.75) is 26.3 Å². The lowest BCUT2D eigenvalue weighted by Gasteiger charge is -2.18. The predicted octanol–water partition coefficient (Wildman–Crippen LogP) is 2.34. The van der Waals surface area contributed by atoms with Gasteiger partial charge in [0.2, 0.25) is 5.91 Å². The van der Waals surface area contributed by atoms with E-state index in [0.29, 0.717) is 0 Å². The molecule has 0 saturated carbocycles. The standard InChI is InChI=1S/C14H17F2NO3/c1-8(2)6-12(18)17-13(14(19)20-3)10-7-9(15)4-5-11(10)16/h4-5,7-8,13H,6H2,1-3H3,(H,17,18)/t13-/m1/s1. The Kier molecular flexibility index (Phi) is 5.61. The first-order valence-corrected chi connectivity index (χ1v) is 6.17. The Morgan fingerprint density at radius 3 is 2.50 bits per heavy atom. The van der Waals surface area contributed by atoms with Gasteiger partial charge in [-0.3, -0.25) is 4.79 Å². The number of carbonyl (C=O) groups is 2. The predicted molar refractivity (Wildman–Crippen MR) is 68.7 cm³/mol. The summed E-state index contributed by atoms with van der Waals surface area (Å²) in [7, 11) is 1.11. The highest BCUT2D eigenvalue weighted by Crippen LogP contribution is 2.20. The van der Waals surface area contributed by atoms with E-state index in [1.54, 1.807) is 0 Å². The summed E-state index contributed by atoms with van der Waals surface area (Å²) in [6, 6.07) is 1.34. The third kappa shape index (κ3) is 4.29. The van der Waals surface area contributed by atoms with Gasteiger partial charge in [-0.2, -0.15) is 0 Å². The van der Waals surface area contributed by atoms with Crippen LogP contribution >= 0.6 is 0 Å². The minimum absolute atomic E-state index is 0.0747. The molecule has 4 nitrogen and oxygen atoms in total. The molecule has 1 rings (SSSR count). The fourth-order valence-electron chi connectivity index (χ4n) is 1.71. The molecule has 0 fully saturated rings. The number of halogens is 2. The average Bonchev–Trinajstić information content (AvgIpc) is 2.37. The van der Waals surface area contributed by atoms with Gasteiger partial charge in [0, 0.05) is 12.0 Å². The maximum absolute atomic E-state index is 13.7. The molecule has 0 radical (unpaired) electrons. The quantitative estimate of drug-likeness (QED) is 0.845. The molecule has 0 bridgehead atoms. The molecule has 6 heteroatoms. The number of hydrogen-bond donors (Lipinski definition) is 1. The number of ether oxygens (including phenoxy) is 1. The van der Waals surface area contributed by atoms with Crippen LogP contribution in [0, 0.1) is 17.6 Å². The van der Waals surface area contributed by atoms with Crippen LogP contribution in [-0.2, 0) is 14.3 Å². The fourth-order valence-corrected chi connectivity index (χ4v) is 1.71. The third-order valence-corrected chi connectivity index (χ3v) is 2.60. The van der Waals surface area contributed by atoms with Crippen LogP contribution in [0.1, 0.15) is 31.9 Å². The molecule has 1 N–H and O–H groups in total. The summed E-state index contributed by atoms with van der Waals surface area (Å²) < 4.78 is 31.4. The molecular weight excluding hydrogens is 268 g/mol. The molecule has 0 saturated heterocycles. The maximum atomic E-state index is 13.7. The van der Waals surface area contributed by atoms with Gasteiger partial charge in [-0.05, 0) is 24.1 Å². The van der Waals surface area contributed by atoms with E-state index in [9.17, 15) is 18.4 Å². The molecule has 1 atom stereocenters. The number of methoxy groups -OCH3 is 1. The summed E-state index contributed by atoms with van der Waals surface area (Å²) in [4.78, 5) is 23.4. The number of benzene rings is 1. The molecule has 1 aromatic carbocycles. The fraction of sp³-hybridized carbons (Fsp3) is 0.429. The largest absolute Gasteiger partial charge is 0.467 e. The molecule has 20 heavy (non-hydrogen) atoms. The van der Waals surface area contributed by atoms with Crippen LogP contribution in [0.3, 0.4) is 0 Å². The summed E-state index contributed by atoms with van der Waals surface area (Å²) in [5.74, 6) is -2.70. The Hall–Kier alpha value is -1.98. The number of carbonyl (C=O) groups excluding carboxylic acids is 2. The van der Waals surface area contributed by atoms with Crippen LogP contribution in [0.25, 0.3) is 0 Å².